The lowest BCUT2D eigenvalue weighted by Crippen LogP contribution is -2.46. The van der Waals surface area contributed by atoms with Gasteiger partial charge >= 0.3 is 11.8 Å². The Kier molecular flexibility index (Phi) is 5.35. The number of rotatable bonds is 2. The molecule has 0 unspecified atom stereocenters. The van der Waals surface area contributed by atoms with Crippen molar-refractivity contribution >= 4 is 17.5 Å². The summed E-state index contributed by atoms with van der Waals surface area (Å²) in [6, 6.07) is 9.95. The molecule has 1 aliphatic rings. The van der Waals surface area contributed by atoms with Crippen LogP contribution in [0.3, 0.4) is 0 Å². The van der Waals surface area contributed by atoms with Crippen molar-refractivity contribution in [2.75, 3.05) is 11.9 Å². The fourth-order valence-electron chi connectivity index (χ4n) is 3.45. The van der Waals surface area contributed by atoms with Gasteiger partial charge in [-0.2, -0.15) is 0 Å². The second kappa shape index (κ2) is 7.68. The smallest absolute Gasteiger partial charge is 0.313 e. The molecule has 136 valence electrons. The predicted octanol–water partition coefficient (Wildman–Crippen LogP) is 3.64. The third-order valence-electron chi connectivity index (χ3n) is 4.87. The molecule has 1 aliphatic heterocycles. The van der Waals surface area contributed by atoms with Crippen LogP contribution in [0.5, 0.6) is 0 Å². The molecular weight excluding hydrogens is 326 g/mol. The zero-order chi connectivity index (χ0) is 18.7. The summed E-state index contributed by atoms with van der Waals surface area (Å²) in [6.07, 6.45) is 5.17. The minimum absolute atomic E-state index is 0.0549. The number of hydrogen-bond acceptors (Lipinski definition) is 3. The van der Waals surface area contributed by atoms with Crippen LogP contribution in [0.4, 0.5) is 5.69 Å². The molecular formula is C21H25N3O2. The van der Waals surface area contributed by atoms with Crippen molar-refractivity contribution in [3.63, 3.8) is 0 Å². The van der Waals surface area contributed by atoms with Gasteiger partial charge in [-0.15, -0.1) is 0 Å². The van der Waals surface area contributed by atoms with Crippen LogP contribution in [-0.2, 0) is 9.59 Å². The maximum Gasteiger partial charge on any atom is 0.313 e. The van der Waals surface area contributed by atoms with Crippen molar-refractivity contribution in [1.82, 2.24) is 9.88 Å². The van der Waals surface area contributed by atoms with E-state index in [2.05, 4.69) is 41.5 Å². The Bertz CT molecular complexity index is 801. The zero-order valence-electron chi connectivity index (χ0n) is 15.5. The molecule has 0 bridgehead atoms. The number of amides is 2. The SMILES string of the molecule is Cc1ccc([C@@H]2CC[C@@H](C)CN2C(=O)C(=O)Nc2cncc(C)c2)cc1. The van der Waals surface area contributed by atoms with Gasteiger partial charge in [-0.25, -0.2) is 0 Å². The van der Waals surface area contributed by atoms with Crippen LogP contribution >= 0.6 is 0 Å². The van der Waals surface area contributed by atoms with Crippen LogP contribution in [0.1, 0.15) is 42.5 Å². The van der Waals surface area contributed by atoms with E-state index in [1.807, 2.05) is 13.8 Å². The lowest BCUT2D eigenvalue weighted by Gasteiger charge is -2.38. The Balaban J connectivity index is 1.79. The number of nitrogens with zero attached hydrogens (tertiary/aromatic N) is 2. The summed E-state index contributed by atoms with van der Waals surface area (Å²) in [7, 11) is 0. The highest BCUT2D eigenvalue weighted by Crippen LogP contribution is 2.33. The first-order valence-electron chi connectivity index (χ1n) is 9.04. The van der Waals surface area contributed by atoms with E-state index in [4.69, 9.17) is 0 Å². The van der Waals surface area contributed by atoms with Gasteiger partial charge in [-0.3, -0.25) is 14.6 Å². The van der Waals surface area contributed by atoms with Crippen molar-refractivity contribution in [3.8, 4) is 0 Å². The van der Waals surface area contributed by atoms with Crippen LogP contribution in [0, 0.1) is 19.8 Å². The van der Waals surface area contributed by atoms with Gasteiger partial charge in [-0.05, 0) is 49.8 Å². The summed E-state index contributed by atoms with van der Waals surface area (Å²) < 4.78 is 0. The fourth-order valence-corrected chi connectivity index (χ4v) is 3.45. The average Bonchev–Trinajstić information content (AvgIpc) is 2.62. The van der Waals surface area contributed by atoms with Gasteiger partial charge in [0, 0.05) is 12.7 Å². The van der Waals surface area contributed by atoms with E-state index in [-0.39, 0.29) is 6.04 Å². The highest BCUT2D eigenvalue weighted by Gasteiger charge is 2.34. The Hall–Kier alpha value is -2.69. The van der Waals surface area contributed by atoms with Gasteiger partial charge in [-0.1, -0.05) is 36.8 Å². The molecule has 1 aromatic carbocycles. The number of pyridine rings is 1. The summed E-state index contributed by atoms with van der Waals surface area (Å²) >= 11 is 0. The minimum atomic E-state index is -0.608. The monoisotopic (exact) mass is 351 g/mol. The molecule has 2 heterocycles. The Morgan fingerprint density at radius 1 is 1.08 bits per heavy atom. The quantitative estimate of drug-likeness (QED) is 0.840. The molecule has 26 heavy (non-hydrogen) atoms. The number of carbonyl (C=O) groups excluding carboxylic acids is 2. The normalized spacial score (nSPS) is 19.9. The molecule has 2 amide bonds. The number of benzene rings is 1. The molecule has 2 aromatic rings. The van der Waals surface area contributed by atoms with Crippen LogP contribution < -0.4 is 5.32 Å². The van der Waals surface area contributed by atoms with Gasteiger partial charge in [0.2, 0.25) is 0 Å². The molecule has 1 saturated heterocycles. The van der Waals surface area contributed by atoms with Gasteiger partial charge < -0.3 is 10.2 Å². The van der Waals surface area contributed by atoms with Crippen LogP contribution in [0.25, 0.3) is 0 Å². The molecule has 1 aromatic heterocycles. The van der Waals surface area contributed by atoms with E-state index in [1.165, 1.54) is 5.56 Å². The molecule has 0 aliphatic carbocycles. The summed E-state index contributed by atoms with van der Waals surface area (Å²) in [5.74, 6) is -0.707. The van der Waals surface area contributed by atoms with E-state index in [1.54, 1.807) is 23.4 Å². The first-order valence-corrected chi connectivity index (χ1v) is 9.04. The van der Waals surface area contributed by atoms with Gasteiger partial charge in [0.05, 0.1) is 17.9 Å². The van der Waals surface area contributed by atoms with E-state index in [0.717, 1.165) is 24.0 Å². The van der Waals surface area contributed by atoms with Crippen molar-refractivity contribution in [2.45, 2.75) is 39.7 Å². The Morgan fingerprint density at radius 3 is 2.50 bits per heavy atom. The first kappa shape index (κ1) is 18.1. The minimum Gasteiger partial charge on any atom is -0.327 e. The second-order valence-electron chi connectivity index (χ2n) is 7.27. The average molecular weight is 351 g/mol. The number of anilines is 1. The highest BCUT2D eigenvalue weighted by molar-refractivity contribution is 6.39. The van der Waals surface area contributed by atoms with E-state index >= 15 is 0 Å². The van der Waals surface area contributed by atoms with Gasteiger partial charge in [0.25, 0.3) is 0 Å². The standard InChI is InChI=1S/C21H25N3O2/c1-14-4-7-17(8-5-14)19-9-6-15(2)13-24(19)21(26)20(25)23-18-10-16(3)11-22-12-18/h4-5,7-8,10-12,15,19H,6,9,13H2,1-3H3,(H,23,25)/t15-,19+/m1/s1. The van der Waals surface area contributed by atoms with Crippen molar-refractivity contribution in [1.29, 1.82) is 0 Å². The molecule has 2 atom stereocenters. The van der Waals surface area contributed by atoms with Gasteiger partial charge in [0.1, 0.15) is 0 Å². The molecule has 5 nitrogen and oxygen atoms in total. The summed E-state index contributed by atoms with van der Waals surface area (Å²) in [5, 5.41) is 2.68. The Labute approximate surface area is 154 Å². The number of carbonyl (C=O) groups is 2. The largest absolute Gasteiger partial charge is 0.327 e. The highest BCUT2D eigenvalue weighted by atomic mass is 16.2. The number of aryl methyl sites for hydroxylation is 2. The van der Waals surface area contributed by atoms with Crippen molar-refractivity contribution in [2.24, 2.45) is 5.92 Å². The van der Waals surface area contributed by atoms with Crippen molar-refractivity contribution < 1.29 is 9.59 Å². The number of aromatic nitrogens is 1. The van der Waals surface area contributed by atoms with Gasteiger partial charge in [0.15, 0.2) is 0 Å². The lowest BCUT2D eigenvalue weighted by atomic mass is 9.89. The number of likely N-dealkylation sites (tertiary alicyclic amines) is 1. The molecule has 0 spiro atoms. The number of nitrogens with one attached hydrogen (secondary N) is 1. The van der Waals surface area contributed by atoms with E-state index in [0.29, 0.717) is 18.2 Å². The molecule has 5 heteroatoms. The predicted molar refractivity (Wildman–Crippen MR) is 102 cm³/mol. The summed E-state index contributed by atoms with van der Waals surface area (Å²) in [6.45, 7) is 6.65. The molecule has 3 rings (SSSR count). The number of hydrogen-bond donors (Lipinski definition) is 1. The summed E-state index contributed by atoms with van der Waals surface area (Å²) in [5.41, 5.74) is 3.74. The lowest BCUT2D eigenvalue weighted by molar-refractivity contribution is -0.146. The van der Waals surface area contributed by atoms with Crippen LogP contribution in [0.2, 0.25) is 0 Å². The van der Waals surface area contributed by atoms with Crippen LogP contribution in [0.15, 0.2) is 42.7 Å². The third-order valence-corrected chi connectivity index (χ3v) is 4.87. The Morgan fingerprint density at radius 2 is 1.81 bits per heavy atom. The van der Waals surface area contributed by atoms with Crippen LogP contribution in [-0.4, -0.2) is 28.2 Å². The molecule has 0 radical (unpaired) electrons. The molecule has 0 saturated carbocycles. The maximum absolute atomic E-state index is 12.9. The third kappa shape index (κ3) is 4.10. The zero-order valence-corrected chi connectivity index (χ0v) is 15.5. The first-order chi connectivity index (χ1) is 12.4. The molecule has 1 fully saturated rings. The van der Waals surface area contributed by atoms with Crippen molar-refractivity contribution in [3.05, 3.63) is 59.4 Å². The second-order valence-corrected chi connectivity index (χ2v) is 7.27. The fraction of sp³-hybridized carbons (Fsp3) is 0.381. The maximum atomic E-state index is 12.9. The topological polar surface area (TPSA) is 62.3 Å². The summed E-state index contributed by atoms with van der Waals surface area (Å²) in [4.78, 5) is 31.2. The van der Waals surface area contributed by atoms with E-state index < -0.39 is 11.8 Å². The number of piperidine rings is 1. The molecule has 1 N–H and O–H groups in total. The van der Waals surface area contributed by atoms with E-state index in [9.17, 15) is 9.59 Å².